The van der Waals surface area contributed by atoms with E-state index in [9.17, 15) is 13.2 Å². The van der Waals surface area contributed by atoms with Gasteiger partial charge in [0, 0.05) is 10.6 Å². The van der Waals surface area contributed by atoms with Gasteiger partial charge in [-0.1, -0.05) is 41.9 Å². The molecule has 0 bridgehead atoms. The molecule has 0 amide bonds. The van der Waals surface area contributed by atoms with Gasteiger partial charge in [0.2, 0.25) is 0 Å². The maximum Gasteiger partial charge on any atom is 0.185 e. The average Bonchev–Trinajstić information content (AvgIpc) is 2.38. The first-order valence-corrected chi connectivity index (χ1v) is 8.00. The second-order valence-electron chi connectivity index (χ2n) is 4.45. The van der Waals surface area contributed by atoms with Crippen LogP contribution in [-0.2, 0) is 9.84 Å². The smallest absolute Gasteiger partial charge is 0.185 e. The molecule has 0 aliphatic heterocycles. The third-order valence-corrected chi connectivity index (χ3v) is 4.77. The van der Waals surface area contributed by atoms with E-state index in [4.69, 9.17) is 11.6 Å². The number of carbonyl (C=O) groups excluding carboxylic acids is 1. The van der Waals surface area contributed by atoms with Gasteiger partial charge in [-0.2, -0.15) is 0 Å². The summed E-state index contributed by atoms with van der Waals surface area (Å²) in [4.78, 5) is 12.2. The van der Waals surface area contributed by atoms with Crippen LogP contribution < -0.4 is 0 Å². The first kappa shape index (κ1) is 14.8. The highest BCUT2D eigenvalue weighted by molar-refractivity contribution is 7.92. The summed E-state index contributed by atoms with van der Waals surface area (Å²) >= 11 is 5.78. The molecule has 20 heavy (non-hydrogen) atoms. The summed E-state index contributed by atoms with van der Waals surface area (Å²) in [5.41, 5.74) is 1.19. The van der Waals surface area contributed by atoms with E-state index in [1.54, 1.807) is 43.3 Å². The van der Waals surface area contributed by atoms with E-state index in [1.165, 1.54) is 12.1 Å². The van der Waals surface area contributed by atoms with Crippen LogP contribution in [0.5, 0.6) is 0 Å². The molecule has 0 fully saturated rings. The van der Waals surface area contributed by atoms with Gasteiger partial charge in [0.05, 0.1) is 4.90 Å². The molecule has 2 rings (SSSR count). The number of hydrogen-bond donors (Lipinski definition) is 0. The fourth-order valence-electron chi connectivity index (χ4n) is 1.88. The van der Waals surface area contributed by atoms with Crippen LogP contribution in [0.2, 0.25) is 5.02 Å². The number of hydrogen-bond acceptors (Lipinski definition) is 3. The van der Waals surface area contributed by atoms with Crippen LogP contribution in [0.25, 0.3) is 0 Å². The molecule has 0 atom stereocenters. The lowest BCUT2D eigenvalue weighted by Gasteiger charge is -2.06. The van der Waals surface area contributed by atoms with E-state index >= 15 is 0 Å². The lowest BCUT2D eigenvalue weighted by atomic mass is 10.1. The molecule has 0 spiro atoms. The topological polar surface area (TPSA) is 51.2 Å². The molecule has 0 aliphatic rings. The molecule has 0 N–H and O–H groups in total. The predicted molar refractivity (Wildman–Crippen MR) is 79.0 cm³/mol. The van der Waals surface area contributed by atoms with E-state index in [1.807, 2.05) is 0 Å². The lowest BCUT2D eigenvalue weighted by Crippen LogP contribution is -2.17. The molecule has 2 aromatic rings. The first-order valence-electron chi connectivity index (χ1n) is 5.97. The largest absolute Gasteiger partial charge is 0.293 e. The molecule has 104 valence electrons. The number of sulfone groups is 1. The summed E-state index contributed by atoms with van der Waals surface area (Å²) in [6.07, 6.45) is 0. The van der Waals surface area contributed by atoms with Gasteiger partial charge in [0.15, 0.2) is 15.6 Å². The van der Waals surface area contributed by atoms with Gasteiger partial charge >= 0.3 is 0 Å². The Morgan fingerprint density at radius 2 is 1.80 bits per heavy atom. The van der Waals surface area contributed by atoms with E-state index in [0.29, 0.717) is 10.6 Å². The van der Waals surface area contributed by atoms with E-state index < -0.39 is 21.4 Å². The van der Waals surface area contributed by atoms with Gasteiger partial charge in [-0.25, -0.2) is 8.42 Å². The molecular weight excluding hydrogens is 296 g/mol. The zero-order valence-electron chi connectivity index (χ0n) is 10.8. The van der Waals surface area contributed by atoms with Gasteiger partial charge in [-0.05, 0) is 30.7 Å². The van der Waals surface area contributed by atoms with Gasteiger partial charge in [-0.3, -0.25) is 4.79 Å². The molecule has 0 saturated heterocycles. The fourth-order valence-corrected chi connectivity index (χ4v) is 3.39. The maximum atomic E-state index is 12.2. The fraction of sp³-hybridized carbons (Fsp3) is 0.133. The molecule has 5 heteroatoms. The summed E-state index contributed by atoms with van der Waals surface area (Å²) in [7, 11) is -3.68. The highest BCUT2D eigenvalue weighted by Crippen LogP contribution is 2.18. The van der Waals surface area contributed by atoms with Crippen molar-refractivity contribution in [2.75, 3.05) is 5.75 Å². The number of halogens is 1. The van der Waals surface area contributed by atoms with Gasteiger partial charge in [-0.15, -0.1) is 0 Å². The van der Waals surface area contributed by atoms with Crippen molar-refractivity contribution in [1.29, 1.82) is 0 Å². The van der Waals surface area contributed by atoms with Crippen molar-refractivity contribution >= 4 is 27.2 Å². The summed E-state index contributed by atoms with van der Waals surface area (Å²) in [6, 6.07) is 12.8. The van der Waals surface area contributed by atoms with Crippen LogP contribution in [0.4, 0.5) is 0 Å². The molecule has 0 aromatic heterocycles. The Labute approximate surface area is 123 Å². The summed E-state index contributed by atoms with van der Waals surface area (Å²) in [5, 5.41) is 0.328. The average molecular weight is 309 g/mol. The van der Waals surface area contributed by atoms with Gasteiger partial charge in [0.25, 0.3) is 0 Å². The summed E-state index contributed by atoms with van der Waals surface area (Å²) in [6.45, 7) is 1.78. The van der Waals surface area contributed by atoms with Crippen LogP contribution in [0, 0.1) is 6.92 Å². The van der Waals surface area contributed by atoms with Gasteiger partial charge < -0.3 is 0 Å². The standard InChI is InChI=1S/C15H13ClO3S/c1-11-5-2-3-8-14(11)15(17)10-20(18,19)13-7-4-6-12(16)9-13/h2-9H,10H2,1H3. The van der Waals surface area contributed by atoms with Crippen molar-refractivity contribution in [3.63, 3.8) is 0 Å². The van der Waals surface area contributed by atoms with E-state index in [-0.39, 0.29) is 4.90 Å². The van der Waals surface area contributed by atoms with Crippen molar-refractivity contribution < 1.29 is 13.2 Å². The Morgan fingerprint density at radius 3 is 2.45 bits per heavy atom. The highest BCUT2D eigenvalue weighted by Gasteiger charge is 2.21. The predicted octanol–water partition coefficient (Wildman–Crippen LogP) is 3.31. The van der Waals surface area contributed by atoms with Crippen LogP contribution in [0.3, 0.4) is 0 Å². The molecule has 0 heterocycles. The normalized spacial score (nSPS) is 11.3. The number of benzene rings is 2. The zero-order valence-corrected chi connectivity index (χ0v) is 12.4. The Bertz CT molecular complexity index is 751. The van der Waals surface area contributed by atoms with Crippen LogP contribution in [0.1, 0.15) is 15.9 Å². The van der Waals surface area contributed by atoms with Crippen molar-refractivity contribution in [2.45, 2.75) is 11.8 Å². The van der Waals surface area contributed by atoms with Crippen LogP contribution >= 0.6 is 11.6 Å². The van der Waals surface area contributed by atoms with Crippen LogP contribution in [-0.4, -0.2) is 20.0 Å². The van der Waals surface area contributed by atoms with Crippen molar-refractivity contribution in [1.82, 2.24) is 0 Å². The van der Waals surface area contributed by atoms with E-state index in [0.717, 1.165) is 5.56 Å². The number of aryl methyl sites for hydroxylation is 1. The second kappa shape index (κ2) is 5.77. The lowest BCUT2D eigenvalue weighted by molar-refractivity contribution is 0.102. The van der Waals surface area contributed by atoms with Crippen molar-refractivity contribution in [2.24, 2.45) is 0 Å². The Kier molecular flexibility index (Phi) is 4.26. The zero-order chi connectivity index (χ0) is 14.8. The molecule has 3 nitrogen and oxygen atoms in total. The SMILES string of the molecule is Cc1ccccc1C(=O)CS(=O)(=O)c1cccc(Cl)c1. The summed E-state index contributed by atoms with van der Waals surface area (Å²) in [5.74, 6) is -0.971. The number of Topliss-reactive ketones (excluding diaryl/α,β-unsaturated/α-hetero) is 1. The molecule has 0 saturated carbocycles. The van der Waals surface area contributed by atoms with Gasteiger partial charge in [0.1, 0.15) is 5.75 Å². The quantitative estimate of drug-likeness (QED) is 0.814. The Balaban J connectivity index is 2.30. The van der Waals surface area contributed by atoms with E-state index in [2.05, 4.69) is 0 Å². The Hall–Kier alpha value is -1.65. The minimum absolute atomic E-state index is 0.0620. The first-order chi connectivity index (χ1) is 9.40. The van der Waals surface area contributed by atoms with Crippen molar-refractivity contribution in [3.8, 4) is 0 Å². The monoisotopic (exact) mass is 308 g/mol. The minimum Gasteiger partial charge on any atom is -0.293 e. The third-order valence-electron chi connectivity index (χ3n) is 2.92. The number of carbonyl (C=O) groups is 1. The highest BCUT2D eigenvalue weighted by atomic mass is 35.5. The maximum absolute atomic E-state index is 12.2. The molecule has 0 radical (unpaired) electrons. The Morgan fingerprint density at radius 1 is 1.10 bits per heavy atom. The van der Waals surface area contributed by atoms with Crippen molar-refractivity contribution in [3.05, 3.63) is 64.7 Å². The number of rotatable bonds is 4. The molecule has 0 unspecified atom stereocenters. The number of ketones is 1. The summed E-state index contributed by atoms with van der Waals surface area (Å²) < 4.78 is 24.4. The second-order valence-corrected chi connectivity index (χ2v) is 6.88. The third kappa shape index (κ3) is 3.26. The molecular formula is C15H13ClO3S. The molecule has 2 aromatic carbocycles. The van der Waals surface area contributed by atoms with Crippen LogP contribution in [0.15, 0.2) is 53.4 Å². The molecule has 0 aliphatic carbocycles. The minimum atomic E-state index is -3.68.